The van der Waals surface area contributed by atoms with Crippen LogP contribution in [-0.2, 0) is 16.0 Å². The van der Waals surface area contributed by atoms with Crippen molar-refractivity contribution in [3.05, 3.63) is 69.8 Å². The van der Waals surface area contributed by atoms with Crippen LogP contribution in [0.25, 0.3) is 33.1 Å². The molecule has 2 aromatic carbocycles. The highest BCUT2D eigenvalue weighted by Gasteiger charge is 2.20. The monoisotopic (exact) mass is 419 g/mol. The fourth-order valence-electron chi connectivity index (χ4n) is 3.77. The summed E-state index contributed by atoms with van der Waals surface area (Å²) in [7, 11) is 0. The van der Waals surface area contributed by atoms with E-state index in [-0.39, 0.29) is 24.9 Å². The van der Waals surface area contributed by atoms with E-state index in [0.717, 1.165) is 21.9 Å². The third-order valence-corrected chi connectivity index (χ3v) is 5.42. The van der Waals surface area contributed by atoms with E-state index in [0.29, 0.717) is 22.3 Å². The van der Waals surface area contributed by atoms with E-state index in [1.54, 1.807) is 13.2 Å². The SMILES string of the molecule is Cc1c(CC(=O)NCCC(=O)O)c(=O)oc2c(C)c3occ(-c4ccccc4)c3cc12. The molecule has 1 amide bonds. The van der Waals surface area contributed by atoms with Gasteiger partial charge in [0.1, 0.15) is 11.2 Å². The number of hydrogen-bond acceptors (Lipinski definition) is 5. The summed E-state index contributed by atoms with van der Waals surface area (Å²) >= 11 is 0. The Hall–Kier alpha value is -3.87. The quantitative estimate of drug-likeness (QED) is 0.458. The minimum absolute atomic E-state index is 0.00130. The maximum atomic E-state index is 12.6. The zero-order valence-corrected chi connectivity index (χ0v) is 17.2. The average Bonchev–Trinajstić information content (AvgIpc) is 3.17. The molecule has 0 aliphatic heterocycles. The van der Waals surface area contributed by atoms with Gasteiger partial charge < -0.3 is 19.3 Å². The van der Waals surface area contributed by atoms with Gasteiger partial charge in [-0.05, 0) is 31.0 Å². The first-order valence-electron chi connectivity index (χ1n) is 9.87. The van der Waals surface area contributed by atoms with Gasteiger partial charge in [-0.3, -0.25) is 9.59 Å². The molecule has 0 saturated carbocycles. The van der Waals surface area contributed by atoms with Crippen molar-refractivity contribution in [3.63, 3.8) is 0 Å². The first kappa shape index (κ1) is 20.4. The molecule has 0 fully saturated rings. The highest BCUT2D eigenvalue weighted by molar-refractivity contribution is 6.05. The summed E-state index contributed by atoms with van der Waals surface area (Å²) < 4.78 is 11.4. The molecule has 0 radical (unpaired) electrons. The molecule has 2 heterocycles. The second-order valence-electron chi connectivity index (χ2n) is 7.43. The van der Waals surface area contributed by atoms with Crippen molar-refractivity contribution >= 4 is 33.8 Å². The van der Waals surface area contributed by atoms with Gasteiger partial charge in [-0.15, -0.1) is 0 Å². The Morgan fingerprint density at radius 1 is 1.03 bits per heavy atom. The molecule has 158 valence electrons. The van der Waals surface area contributed by atoms with Crippen LogP contribution in [0.2, 0.25) is 0 Å². The summed E-state index contributed by atoms with van der Waals surface area (Å²) in [5, 5.41) is 12.8. The first-order valence-corrected chi connectivity index (χ1v) is 9.87. The molecule has 2 aromatic heterocycles. The van der Waals surface area contributed by atoms with Crippen LogP contribution in [0, 0.1) is 13.8 Å². The van der Waals surface area contributed by atoms with E-state index < -0.39 is 17.5 Å². The van der Waals surface area contributed by atoms with Crippen molar-refractivity contribution in [2.45, 2.75) is 26.7 Å². The highest BCUT2D eigenvalue weighted by atomic mass is 16.4. The van der Waals surface area contributed by atoms with E-state index in [1.165, 1.54) is 0 Å². The number of aryl methyl sites for hydroxylation is 2. The molecule has 0 aliphatic rings. The average molecular weight is 419 g/mol. The number of nitrogens with one attached hydrogen (secondary N) is 1. The lowest BCUT2D eigenvalue weighted by Crippen LogP contribution is -2.29. The van der Waals surface area contributed by atoms with Gasteiger partial charge >= 0.3 is 11.6 Å². The number of hydrogen-bond donors (Lipinski definition) is 2. The molecule has 2 N–H and O–H groups in total. The molecule has 7 nitrogen and oxygen atoms in total. The number of carbonyl (C=O) groups excluding carboxylic acids is 1. The number of furan rings is 1. The minimum Gasteiger partial charge on any atom is -0.481 e. The molecule has 4 rings (SSSR count). The summed E-state index contributed by atoms with van der Waals surface area (Å²) in [6.45, 7) is 3.62. The number of carbonyl (C=O) groups is 2. The molecule has 0 unspecified atom stereocenters. The largest absolute Gasteiger partial charge is 0.481 e. The predicted molar refractivity (Wildman–Crippen MR) is 116 cm³/mol. The number of fused-ring (bicyclic) bond motifs is 2. The lowest BCUT2D eigenvalue weighted by molar-refractivity contribution is -0.136. The summed E-state index contributed by atoms with van der Waals surface area (Å²) in [6, 6.07) is 11.8. The fraction of sp³-hybridized carbons (Fsp3) is 0.208. The van der Waals surface area contributed by atoms with Crippen LogP contribution >= 0.6 is 0 Å². The van der Waals surface area contributed by atoms with Crippen molar-refractivity contribution in [1.82, 2.24) is 5.32 Å². The topological polar surface area (TPSA) is 110 Å². The van der Waals surface area contributed by atoms with E-state index in [2.05, 4.69) is 5.32 Å². The molecule has 0 atom stereocenters. The van der Waals surface area contributed by atoms with Gasteiger partial charge in [-0.2, -0.15) is 0 Å². The van der Waals surface area contributed by atoms with Crippen LogP contribution in [0.15, 0.2) is 56.3 Å². The Morgan fingerprint density at radius 3 is 2.48 bits per heavy atom. The molecule has 7 heteroatoms. The van der Waals surface area contributed by atoms with Crippen LogP contribution < -0.4 is 10.9 Å². The summed E-state index contributed by atoms with van der Waals surface area (Å²) in [6.07, 6.45) is 1.32. The standard InChI is InChI=1S/C24H21NO6/c1-13-16-10-18-19(15-6-4-3-5-7-15)12-30-22(18)14(2)23(16)31-24(29)17(13)11-20(26)25-9-8-21(27)28/h3-7,10,12H,8-9,11H2,1-2H3,(H,25,26)(H,27,28). The smallest absolute Gasteiger partial charge is 0.340 e. The van der Waals surface area contributed by atoms with Gasteiger partial charge in [0.25, 0.3) is 0 Å². The Morgan fingerprint density at radius 2 is 1.77 bits per heavy atom. The van der Waals surface area contributed by atoms with E-state index in [4.69, 9.17) is 13.9 Å². The van der Waals surface area contributed by atoms with Crippen LogP contribution in [0.3, 0.4) is 0 Å². The van der Waals surface area contributed by atoms with Crippen molar-refractivity contribution in [2.75, 3.05) is 6.54 Å². The predicted octanol–water partition coefficient (Wildman–Crippen LogP) is 3.96. The summed E-state index contributed by atoms with van der Waals surface area (Å²) in [4.78, 5) is 35.4. The summed E-state index contributed by atoms with van der Waals surface area (Å²) in [5.41, 5.74) is 4.05. The van der Waals surface area contributed by atoms with Crippen LogP contribution in [0.1, 0.15) is 23.1 Å². The Kier molecular flexibility index (Phi) is 5.33. The summed E-state index contributed by atoms with van der Waals surface area (Å²) in [5.74, 6) is -1.43. The van der Waals surface area contributed by atoms with Crippen LogP contribution in [0.5, 0.6) is 0 Å². The van der Waals surface area contributed by atoms with Crippen molar-refractivity contribution < 1.29 is 23.5 Å². The molecular weight excluding hydrogens is 398 g/mol. The first-order chi connectivity index (χ1) is 14.9. The zero-order chi connectivity index (χ0) is 22.1. The minimum atomic E-state index is -1.00. The second kappa shape index (κ2) is 8.10. The number of rotatable bonds is 6. The van der Waals surface area contributed by atoms with Gasteiger partial charge in [0.15, 0.2) is 0 Å². The molecule has 0 bridgehead atoms. The molecule has 31 heavy (non-hydrogen) atoms. The van der Waals surface area contributed by atoms with Gasteiger partial charge in [0.2, 0.25) is 5.91 Å². The van der Waals surface area contributed by atoms with Gasteiger partial charge in [-0.1, -0.05) is 30.3 Å². The fourth-order valence-corrected chi connectivity index (χ4v) is 3.77. The van der Waals surface area contributed by atoms with E-state index >= 15 is 0 Å². The molecule has 0 spiro atoms. The van der Waals surface area contributed by atoms with Gasteiger partial charge in [-0.25, -0.2) is 4.79 Å². The van der Waals surface area contributed by atoms with Crippen LogP contribution in [-0.4, -0.2) is 23.5 Å². The lowest BCUT2D eigenvalue weighted by Gasteiger charge is -2.10. The maximum Gasteiger partial charge on any atom is 0.340 e. The highest BCUT2D eigenvalue weighted by Crippen LogP contribution is 2.37. The molecule has 4 aromatic rings. The normalized spacial score (nSPS) is 11.2. The number of aliphatic carboxylic acids is 1. The maximum absolute atomic E-state index is 12.6. The lowest BCUT2D eigenvalue weighted by atomic mass is 9.97. The van der Waals surface area contributed by atoms with Gasteiger partial charge in [0, 0.05) is 28.4 Å². The van der Waals surface area contributed by atoms with Crippen molar-refractivity contribution in [3.8, 4) is 11.1 Å². The van der Waals surface area contributed by atoms with Gasteiger partial charge in [0.05, 0.1) is 24.7 Å². The third kappa shape index (κ3) is 3.82. The van der Waals surface area contributed by atoms with E-state index in [9.17, 15) is 14.4 Å². The zero-order valence-electron chi connectivity index (χ0n) is 17.2. The Bertz CT molecular complexity index is 1360. The Balaban J connectivity index is 1.80. The number of benzene rings is 2. The second-order valence-corrected chi connectivity index (χ2v) is 7.43. The third-order valence-electron chi connectivity index (χ3n) is 5.42. The molecule has 0 saturated heterocycles. The van der Waals surface area contributed by atoms with Crippen molar-refractivity contribution in [1.29, 1.82) is 0 Å². The number of carboxylic acid groups (broad SMARTS) is 1. The number of carboxylic acids is 1. The van der Waals surface area contributed by atoms with Crippen molar-refractivity contribution in [2.24, 2.45) is 0 Å². The molecule has 0 aliphatic carbocycles. The Labute approximate surface area is 177 Å². The number of amides is 1. The molecular formula is C24H21NO6. The van der Waals surface area contributed by atoms with E-state index in [1.807, 2.05) is 43.3 Å². The van der Waals surface area contributed by atoms with Crippen LogP contribution in [0.4, 0.5) is 0 Å².